The second kappa shape index (κ2) is 7.13. The van der Waals surface area contributed by atoms with Crippen molar-refractivity contribution in [2.45, 2.75) is 31.7 Å². The number of anilines is 1. The van der Waals surface area contributed by atoms with Crippen molar-refractivity contribution in [1.29, 1.82) is 0 Å². The molecule has 0 radical (unpaired) electrons. The summed E-state index contributed by atoms with van der Waals surface area (Å²) in [6, 6.07) is 8.12. The molecule has 8 nitrogen and oxygen atoms in total. The van der Waals surface area contributed by atoms with E-state index in [1.165, 1.54) is 0 Å². The summed E-state index contributed by atoms with van der Waals surface area (Å²) in [5, 5.41) is 18.5. The number of hydrogen-bond donors (Lipinski definition) is 2. The molecule has 1 saturated heterocycles. The Hall–Kier alpha value is -2.32. The quantitative estimate of drug-likeness (QED) is 0.817. The fourth-order valence-electron chi connectivity index (χ4n) is 3.57. The lowest BCUT2D eigenvalue weighted by Gasteiger charge is -2.35. The number of ether oxygens (including phenoxy) is 1. The van der Waals surface area contributed by atoms with Crippen LogP contribution in [0.25, 0.3) is 11.4 Å². The predicted octanol–water partition coefficient (Wildman–Crippen LogP) is 1.63. The molecule has 2 N–H and O–H groups in total. The number of carbonyl (C=O) groups excluding carboxylic acids is 1. The summed E-state index contributed by atoms with van der Waals surface area (Å²) in [6.45, 7) is 2.08. The molecule has 2 fully saturated rings. The number of benzene rings is 1. The Morgan fingerprint density at radius 3 is 2.92 bits per heavy atom. The first-order valence-corrected chi connectivity index (χ1v) is 9.11. The fraction of sp³-hybridized carbons (Fsp3) is 0.556. The monoisotopic (exact) mass is 356 g/mol. The van der Waals surface area contributed by atoms with Gasteiger partial charge in [0, 0.05) is 18.4 Å². The van der Waals surface area contributed by atoms with E-state index in [1.807, 2.05) is 28.9 Å². The summed E-state index contributed by atoms with van der Waals surface area (Å²) in [5.41, 5.74) is 1.18. The lowest BCUT2D eigenvalue weighted by Crippen LogP contribution is -2.47. The van der Waals surface area contributed by atoms with Gasteiger partial charge >= 0.3 is 0 Å². The first-order chi connectivity index (χ1) is 12.7. The molecule has 1 aromatic heterocycles. The number of amides is 1. The largest absolute Gasteiger partial charge is 0.384 e. The van der Waals surface area contributed by atoms with E-state index in [9.17, 15) is 4.79 Å². The van der Waals surface area contributed by atoms with Gasteiger partial charge in [-0.2, -0.15) is 0 Å². The van der Waals surface area contributed by atoms with Crippen LogP contribution < -0.4 is 10.6 Å². The van der Waals surface area contributed by atoms with Crippen LogP contribution >= 0.6 is 0 Å². The Balaban J connectivity index is 1.54. The first kappa shape index (κ1) is 17.1. The van der Waals surface area contributed by atoms with Crippen LogP contribution in [0.1, 0.15) is 31.7 Å². The highest BCUT2D eigenvalue weighted by Gasteiger charge is 2.39. The van der Waals surface area contributed by atoms with Gasteiger partial charge in [-0.15, -0.1) is 5.10 Å². The average molecular weight is 356 g/mol. The molecule has 1 aromatic carbocycles. The van der Waals surface area contributed by atoms with Gasteiger partial charge in [-0.05, 0) is 61.3 Å². The number of hydrogen-bond acceptors (Lipinski definition) is 6. The van der Waals surface area contributed by atoms with Gasteiger partial charge in [-0.3, -0.25) is 4.79 Å². The Labute approximate surface area is 152 Å². The van der Waals surface area contributed by atoms with Crippen LogP contribution in [-0.4, -0.2) is 52.9 Å². The number of rotatable bonds is 6. The van der Waals surface area contributed by atoms with Gasteiger partial charge in [0.05, 0.1) is 18.1 Å². The van der Waals surface area contributed by atoms with E-state index in [1.54, 1.807) is 7.11 Å². The molecular formula is C18H24N6O2. The average Bonchev–Trinajstić information content (AvgIpc) is 3.39. The smallest absolute Gasteiger partial charge is 0.233 e. The summed E-state index contributed by atoms with van der Waals surface area (Å²) in [4.78, 5) is 13.0. The second-order valence-corrected chi connectivity index (χ2v) is 7.18. The van der Waals surface area contributed by atoms with Gasteiger partial charge in [0.1, 0.15) is 0 Å². The Morgan fingerprint density at radius 1 is 1.38 bits per heavy atom. The molecule has 1 saturated carbocycles. The van der Waals surface area contributed by atoms with Crippen LogP contribution in [0.2, 0.25) is 0 Å². The number of tetrazole rings is 1. The van der Waals surface area contributed by atoms with Crippen LogP contribution in [0, 0.1) is 5.41 Å². The Morgan fingerprint density at radius 2 is 2.19 bits per heavy atom. The molecule has 1 amide bonds. The summed E-state index contributed by atoms with van der Waals surface area (Å²) in [6.07, 6.45) is 3.77. The van der Waals surface area contributed by atoms with Crippen molar-refractivity contribution in [3.63, 3.8) is 0 Å². The lowest BCUT2D eigenvalue weighted by atomic mass is 9.78. The van der Waals surface area contributed by atoms with Crippen molar-refractivity contribution in [1.82, 2.24) is 25.5 Å². The van der Waals surface area contributed by atoms with E-state index in [0.717, 1.165) is 55.8 Å². The molecule has 26 heavy (non-hydrogen) atoms. The predicted molar refractivity (Wildman–Crippen MR) is 96.6 cm³/mol. The Bertz CT molecular complexity index is 774. The second-order valence-electron chi connectivity index (χ2n) is 7.18. The normalized spacial score (nSPS) is 19.3. The molecule has 4 rings (SSSR count). The maximum Gasteiger partial charge on any atom is 0.233 e. The minimum atomic E-state index is -0.481. The summed E-state index contributed by atoms with van der Waals surface area (Å²) >= 11 is 0. The van der Waals surface area contributed by atoms with Gasteiger partial charge in [-0.25, -0.2) is 4.68 Å². The van der Waals surface area contributed by atoms with Gasteiger partial charge in [-0.1, -0.05) is 12.1 Å². The van der Waals surface area contributed by atoms with Gasteiger partial charge < -0.3 is 15.4 Å². The number of piperidine rings is 1. The highest BCUT2D eigenvalue weighted by molar-refractivity contribution is 5.96. The lowest BCUT2D eigenvalue weighted by molar-refractivity contribution is -0.130. The van der Waals surface area contributed by atoms with Crippen LogP contribution in [-0.2, 0) is 9.53 Å². The molecular weight excluding hydrogens is 332 g/mol. The number of nitrogens with zero attached hydrogens (tertiary/aromatic N) is 4. The van der Waals surface area contributed by atoms with Gasteiger partial charge in [0.2, 0.25) is 5.91 Å². The number of nitrogens with one attached hydrogen (secondary N) is 2. The van der Waals surface area contributed by atoms with Crippen molar-refractivity contribution >= 4 is 11.6 Å². The molecule has 0 spiro atoms. The van der Waals surface area contributed by atoms with E-state index in [4.69, 9.17) is 4.74 Å². The molecule has 0 atom stereocenters. The van der Waals surface area contributed by atoms with Crippen molar-refractivity contribution in [3.8, 4) is 11.4 Å². The zero-order valence-corrected chi connectivity index (χ0v) is 14.9. The highest BCUT2D eigenvalue weighted by atomic mass is 16.5. The molecule has 8 heteroatoms. The molecule has 138 valence electrons. The number of carbonyl (C=O) groups is 1. The summed E-state index contributed by atoms with van der Waals surface area (Å²) in [5.74, 6) is 0.761. The molecule has 0 bridgehead atoms. The molecule has 0 unspecified atom stereocenters. The van der Waals surface area contributed by atoms with E-state index < -0.39 is 5.41 Å². The zero-order valence-electron chi connectivity index (χ0n) is 14.9. The van der Waals surface area contributed by atoms with E-state index in [0.29, 0.717) is 12.6 Å². The van der Waals surface area contributed by atoms with E-state index in [-0.39, 0.29) is 5.91 Å². The molecule has 1 aliphatic carbocycles. The van der Waals surface area contributed by atoms with Crippen LogP contribution in [0.5, 0.6) is 0 Å². The van der Waals surface area contributed by atoms with Crippen molar-refractivity contribution in [2.75, 3.05) is 32.1 Å². The zero-order chi connectivity index (χ0) is 18.0. The first-order valence-electron chi connectivity index (χ1n) is 9.11. The summed E-state index contributed by atoms with van der Waals surface area (Å²) in [7, 11) is 1.65. The summed E-state index contributed by atoms with van der Waals surface area (Å²) < 4.78 is 7.23. The van der Waals surface area contributed by atoms with Crippen molar-refractivity contribution in [3.05, 3.63) is 24.3 Å². The third kappa shape index (κ3) is 3.34. The van der Waals surface area contributed by atoms with E-state index in [2.05, 4.69) is 26.2 Å². The molecule has 2 heterocycles. The van der Waals surface area contributed by atoms with Crippen molar-refractivity contribution < 1.29 is 9.53 Å². The maximum atomic E-state index is 13.0. The van der Waals surface area contributed by atoms with Crippen molar-refractivity contribution in [2.24, 2.45) is 5.41 Å². The molecule has 2 aromatic rings. The van der Waals surface area contributed by atoms with E-state index >= 15 is 0 Å². The van der Waals surface area contributed by atoms with Crippen LogP contribution in [0.3, 0.4) is 0 Å². The number of aromatic nitrogens is 4. The SMILES string of the molecule is COCC1(C(=O)Nc2cccc(-c3nnnn3C3CC3)c2)CCNCC1. The minimum absolute atomic E-state index is 0.0137. The highest BCUT2D eigenvalue weighted by Crippen LogP contribution is 2.37. The molecule has 2 aliphatic rings. The third-order valence-electron chi connectivity index (χ3n) is 5.23. The van der Waals surface area contributed by atoms with Gasteiger partial charge in [0.25, 0.3) is 0 Å². The molecule has 1 aliphatic heterocycles. The maximum absolute atomic E-state index is 13.0. The topological polar surface area (TPSA) is 94.0 Å². The van der Waals surface area contributed by atoms with Gasteiger partial charge in [0.15, 0.2) is 5.82 Å². The minimum Gasteiger partial charge on any atom is -0.384 e. The Kier molecular flexibility index (Phi) is 4.69. The number of methoxy groups -OCH3 is 1. The standard InChI is InChI=1S/C18H24N6O2/c1-26-12-18(7-9-19-10-8-18)17(25)20-14-4-2-3-13(11-14)16-21-22-23-24(16)15-5-6-15/h2-4,11,15,19H,5-10,12H2,1H3,(H,20,25). The fourth-order valence-corrected chi connectivity index (χ4v) is 3.57. The van der Waals surface area contributed by atoms with Crippen LogP contribution in [0.4, 0.5) is 5.69 Å². The van der Waals surface area contributed by atoms with Crippen LogP contribution in [0.15, 0.2) is 24.3 Å². The third-order valence-corrected chi connectivity index (χ3v) is 5.23.